The predicted molar refractivity (Wildman–Crippen MR) is 253 cm³/mol. The minimum Gasteiger partial charge on any atom is -0.456 e. The summed E-state index contributed by atoms with van der Waals surface area (Å²) in [6.45, 7) is 0. The van der Waals surface area contributed by atoms with Crippen LogP contribution in [0.4, 0.5) is 17.1 Å². The molecule has 0 aliphatic rings. The molecule has 0 aliphatic carbocycles. The highest BCUT2D eigenvalue weighted by Gasteiger charge is 2.18. The lowest BCUT2D eigenvalue weighted by Crippen LogP contribution is -2.10. The van der Waals surface area contributed by atoms with Gasteiger partial charge in [0.1, 0.15) is 11.3 Å². The van der Waals surface area contributed by atoms with Crippen molar-refractivity contribution >= 4 is 49.6 Å². The van der Waals surface area contributed by atoms with Crippen LogP contribution in [0.1, 0.15) is 0 Å². The molecule has 60 heavy (non-hydrogen) atoms. The SMILES string of the molecule is c1ccc(-c2cccc(-c3ccc(N(c4ccc(-c5ccc(-c6cccc(-c7cc8ccccc8o7)c6)cc5)cc4)c4cc5ccccc5c5ccccc45)cc3)c2)cc1. The Labute approximate surface area is 349 Å². The zero-order valence-corrected chi connectivity index (χ0v) is 32.9. The van der Waals surface area contributed by atoms with Gasteiger partial charge in [-0.05, 0) is 115 Å². The Morgan fingerprint density at radius 1 is 0.267 bits per heavy atom. The summed E-state index contributed by atoms with van der Waals surface area (Å²) >= 11 is 0. The largest absolute Gasteiger partial charge is 0.456 e. The molecule has 0 atom stereocenters. The number of hydrogen-bond donors (Lipinski definition) is 0. The summed E-state index contributed by atoms with van der Waals surface area (Å²) in [7, 11) is 0. The third-order valence-corrected chi connectivity index (χ3v) is 11.7. The van der Waals surface area contributed by atoms with Crippen LogP contribution in [0.2, 0.25) is 0 Å². The van der Waals surface area contributed by atoms with E-state index in [4.69, 9.17) is 4.42 Å². The molecule has 1 aromatic heterocycles. The Kier molecular flexibility index (Phi) is 8.87. The maximum absolute atomic E-state index is 6.18. The number of para-hydroxylation sites is 1. The average molecular weight is 766 g/mol. The predicted octanol–water partition coefficient (Wildman–Crippen LogP) is 16.5. The van der Waals surface area contributed by atoms with Gasteiger partial charge in [0.05, 0.1) is 5.69 Å². The zero-order valence-electron chi connectivity index (χ0n) is 32.9. The third kappa shape index (κ3) is 6.61. The van der Waals surface area contributed by atoms with Crippen LogP contribution < -0.4 is 4.90 Å². The summed E-state index contributed by atoms with van der Waals surface area (Å²) in [6.07, 6.45) is 0. The summed E-state index contributed by atoms with van der Waals surface area (Å²) in [5.74, 6) is 0.880. The van der Waals surface area contributed by atoms with Crippen molar-refractivity contribution in [3.63, 3.8) is 0 Å². The molecular formula is C58H39NO. The molecule has 2 heteroatoms. The Morgan fingerprint density at radius 2 is 0.700 bits per heavy atom. The smallest absolute Gasteiger partial charge is 0.135 e. The summed E-state index contributed by atoms with van der Waals surface area (Å²) < 4.78 is 6.18. The monoisotopic (exact) mass is 765 g/mol. The van der Waals surface area contributed by atoms with E-state index in [1.54, 1.807) is 0 Å². The maximum atomic E-state index is 6.18. The van der Waals surface area contributed by atoms with Crippen molar-refractivity contribution in [3.05, 3.63) is 237 Å². The van der Waals surface area contributed by atoms with Crippen molar-refractivity contribution < 1.29 is 4.42 Å². The first kappa shape index (κ1) is 35.2. The van der Waals surface area contributed by atoms with Gasteiger partial charge in [-0.25, -0.2) is 0 Å². The van der Waals surface area contributed by atoms with Crippen LogP contribution in [0.5, 0.6) is 0 Å². The van der Waals surface area contributed by atoms with Crippen molar-refractivity contribution in [2.24, 2.45) is 0 Å². The second-order valence-electron chi connectivity index (χ2n) is 15.3. The van der Waals surface area contributed by atoms with Gasteiger partial charge < -0.3 is 9.32 Å². The molecule has 0 bridgehead atoms. The molecule has 11 rings (SSSR count). The first-order chi connectivity index (χ1) is 29.7. The van der Waals surface area contributed by atoms with E-state index in [0.717, 1.165) is 50.5 Å². The molecule has 0 unspecified atom stereocenters. The van der Waals surface area contributed by atoms with Crippen molar-refractivity contribution in [2.45, 2.75) is 0 Å². The van der Waals surface area contributed by atoms with E-state index in [1.807, 2.05) is 18.2 Å². The number of rotatable bonds is 8. The minimum absolute atomic E-state index is 0.880. The molecule has 0 spiro atoms. The molecule has 10 aromatic carbocycles. The van der Waals surface area contributed by atoms with E-state index in [-0.39, 0.29) is 0 Å². The van der Waals surface area contributed by atoms with Crippen molar-refractivity contribution in [3.8, 4) is 55.8 Å². The highest BCUT2D eigenvalue weighted by molar-refractivity contribution is 6.14. The fourth-order valence-electron chi connectivity index (χ4n) is 8.59. The molecule has 0 amide bonds. The number of furan rings is 1. The lowest BCUT2D eigenvalue weighted by atomic mass is 9.97. The lowest BCUT2D eigenvalue weighted by Gasteiger charge is -2.28. The minimum atomic E-state index is 0.880. The highest BCUT2D eigenvalue weighted by Crippen LogP contribution is 2.43. The Morgan fingerprint density at radius 3 is 1.32 bits per heavy atom. The van der Waals surface area contributed by atoms with Crippen LogP contribution in [0.3, 0.4) is 0 Å². The summed E-state index contributed by atoms with van der Waals surface area (Å²) in [5, 5.41) is 6.03. The van der Waals surface area contributed by atoms with Crippen LogP contribution in [-0.4, -0.2) is 0 Å². The number of anilines is 3. The summed E-state index contributed by atoms with van der Waals surface area (Å²) in [4.78, 5) is 2.40. The van der Waals surface area contributed by atoms with Crippen LogP contribution in [-0.2, 0) is 0 Å². The van der Waals surface area contributed by atoms with Gasteiger partial charge in [-0.3, -0.25) is 0 Å². The normalized spacial score (nSPS) is 11.3. The molecule has 0 saturated carbocycles. The molecule has 0 fully saturated rings. The van der Waals surface area contributed by atoms with E-state index in [0.29, 0.717) is 0 Å². The highest BCUT2D eigenvalue weighted by atomic mass is 16.3. The van der Waals surface area contributed by atoms with Gasteiger partial charge in [-0.15, -0.1) is 0 Å². The quantitative estimate of drug-likeness (QED) is 0.143. The Balaban J connectivity index is 0.941. The Bertz CT molecular complexity index is 3260. The number of nitrogens with zero attached hydrogens (tertiary/aromatic N) is 1. The zero-order chi connectivity index (χ0) is 39.8. The van der Waals surface area contributed by atoms with Gasteiger partial charge in [-0.2, -0.15) is 0 Å². The first-order valence-electron chi connectivity index (χ1n) is 20.5. The maximum Gasteiger partial charge on any atom is 0.135 e. The number of fused-ring (bicyclic) bond motifs is 4. The van der Waals surface area contributed by atoms with Crippen LogP contribution in [0, 0.1) is 0 Å². The first-order valence-corrected chi connectivity index (χ1v) is 20.5. The summed E-state index contributed by atoms with van der Waals surface area (Å²) in [5.41, 5.74) is 14.8. The molecule has 11 aromatic rings. The molecule has 0 radical (unpaired) electrons. The van der Waals surface area contributed by atoms with Crippen molar-refractivity contribution in [2.75, 3.05) is 4.90 Å². The fourth-order valence-corrected chi connectivity index (χ4v) is 8.59. The molecular weight excluding hydrogens is 727 g/mol. The summed E-state index contributed by atoms with van der Waals surface area (Å²) in [6, 6.07) is 84.9. The van der Waals surface area contributed by atoms with Crippen molar-refractivity contribution in [1.82, 2.24) is 0 Å². The van der Waals surface area contributed by atoms with Gasteiger partial charge in [0.2, 0.25) is 0 Å². The van der Waals surface area contributed by atoms with E-state index < -0.39 is 0 Å². The molecule has 2 nitrogen and oxygen atoms in total. The van der Waals surface area contributed by atoms with Gasteiger partial charge >= 0.3 is 0 Å². The fraction of sp³-hybridized carbons (Fsp3) is 0. The van der Waals surface area contributed by atoms with Crippen LogP contribution >= 0.6 is 0 Å². The topological polar surface area (TPSA) is 16.4 Å². The van der Waals surface area contributed by atoms with Crippen LogP contribution in [0.25, 0.3) is 88.3 Å². The van der Waals surface area contributed by atoms with Gasteiger partial charge in [0.15, 0.2) is 0 Å². The van der Waals surface area contributed by atoms with E-state index in [2.05, 4.69) is 223 Å². The van der Waals surface area contributed by atoms with Crippen LogP contribution in [0.15, 0.2) is 241 Å². The van der Waals surface area contributed by atoms with E-state index >= 15 is 0 Å². The van der Waals surface area contributed by atoms with Gasteiger partial charge in [0.25, 0.3) is 0 Å². The van der Waals surface area contributed by atoms with Gasteiger partial charge in [-0.1, -0.05) is 182 Å². The molecule has 0 aliphatic heterocycles. The number of benzene rings is 10. The molecule has 1 heterocycles. The second-order valence-corrected chi connectivity index (χ2v) is 15.3. The van der Waals surface area contributed by atoms with Gasteiger partial charge in [0, 0.05) is 27.7 Å². The standard InChI is InChI=1S/C58H39NO/c1-2-12-40(13-3-1)45-16-10-17-46(36-45)44-30-34-52(35-31-44)59(56-38-48-14-4-6-20-53(48)54-21-7-8-22-55(54)56)51-32-28-42(29-33-51)41-24-26-43(27-25-41)47-18-11-19-49(37-47)58-39-50-15-5-9-23-57(50)60-58/h1-39H. The molecule has 0 saturated heterocycles. The number of hydrogen-bond acceptors (Lipinski definition) is 2. The Hall–Kier alpha value is -7.94. The average Bonchev–Trinajstić information content (AvgIpc) is 3.78. The third-order valence-electron chi connectivity index (χ3n) is 11.7. The van der Waals surface area contributed by atoms with Crippen molar-refractivity contribution in [1.29, 1.82) is 0 Å². The molecule has 0 N–H and O–H groups in total. The second kappa shape index (κ2) is 15.1. The van der Waals surface area contributed by atoms with E-state index in [9.17, 15) is 0 Å². The van der Waals surface area contributed by atoms with E-state index in [1.165, 1.54) is 54.9 Å². The lowest BCUT2D eigenvalue weighted by molar-refractivity contribution is 0.631. The molecule has 282 valence electrons.